The van der Waals surface area contributed by atoms with Crippen molar-refractivity contribution in [3.63, 3.8) is 0 Å². The van der Waals surface area contributed by atoms with Crippen molar-refractivity contribution in [1.82, 2.24) is 0 Å². The van der Waals surface area contributed by atoms with E-state index in [9.17, 15) is 5.11 Å². The molecular formula is C16H19NO. The fourth-order valence-electron chi connectivity index (χ4n) is 1.93. The summed E-state index contributed by atoms with van der Waals surface area (Å²) in [5, 5.41) is 12.7. The zero-order valence-corrected chi connectivity index (χ0v) is 11.1. The van der Waals surface area contributed by atoms with E-state index in [1.807, 2.05) is 12.1 Å². The Morgan fingerprint density at radius 1 is 0.944 bits per heavy atom. The zero-order valence-electron chi connectivity index (χ0n) is 11.1. The lowest BCUT2D eigenvalue weighted by atomic mass is 10.1. The summed E-state index contributed by atoms with van der Waals surface area (Å²) in [6.07, 6.45) is 0. The first-order valence-corrected chi connectivity index (χ1v) is 6.19. The first-order chi connectivity index (χ1) is 8.56. The number of anilines is 1. The van der Waals surface area contributed by atoms with Crippen molar-refractivity contribution in [1.29, 1.82) is 0 Å². The van der Waals surface area contributed by atoms with E-state index >= 15 is 0 Å². The minimum atomic E-state index is 0.215. The molecule has 0 saturated carbocycles. The molecule has 2 aromatic carbocycles. The van der Waals surface area contributed by atoms with Crippen LogP contribution in [0.15, 0.2) is 42.5 Å². The average Bonchev–Trinajstić information content (AvgIpc) is 2.34. The molecule has 2 heteroatoms. The van der Waals surface area contributed by atoms with Crippen molar-refractivity contribution in [2.24, 2.45) is 0 Å². The van der Waals surface area contributed by atoms with E-state index in [1.54, 1.807) is 12.1 Å². The molecule has 0 aliphatic rings. The number of rotatable bonds is 3. The monoisotopic (exact) mass is 241 g/mol. The molecule has 0 aliphatic carbocycles. The molecular weight excluding hydrogens is 222 g/mol. The molecule has 0 aromatic heterocycles. The molecule has 0 heterocycles. The molecule has 1 unspecified atom stereocenters. The molecule has 0 saturated heterocycles. The number of hydrogen-bond donors (Lipinski definition) is 2. The summed E-state index contributed by atoms with van der Waals surface area (Å²) in [4.78, 5) is 0. The molecule has 2 N–H and O–H groups in total. The first kappa shape index (κ1) is 12.5. The van der Waals surface area contributed by atoms with Crippen LogP contribution in [0.5, 0.6) is 5.75 Å². The highest BCUT2D eigenvalue weighted by Gasteiger charge is 2.05. The predicted molar refractivity (Wildman–Crippen MR) is 76.1 cm³/mol. The molecule has 0 aliphatic heterocycles. The Morgan fingerprint density at radius 3 is 2.22 bits per heavy atom. The van der Waals surface area contributed by atoms with Gasteiger partial charge in [-0.1, -0.05) is 18.2 Å². The Bertz CT molecular complexity index is 531. The van der Waals surface area contributed by atoms with E-state index in [4.69, 9.17) is 0 Å². The lowest BCUT2D eigenvalue weighted by Gasteiger charge is -2.16. The summed E-state index contributed by atoms with van der Waals surface area (Å²) in [7, 11) is 0. The number of aryl methyl sites for hydroxylation is 2. The highest BCUT2D eigenvalue weighted by Crippen LogP contribution is 2.22. The van der Waals surface area contributed by atoms with Gasteiger partial charge in [0.15, 0.2) is 0 Å². The van der Waals surface area contributed by atoms with Crippen LogP contribution in [0.2, 0.25) is 0 Å². The summed E-state index contributed by atoms with van der Waals surface area (Å²) in [5.41, 5.74) is 4.88. The quantitative estimate of drug-likeness (QED) is 0.844. The van der Waals surface area contributed by atoms with Crippen LogP contribution in [0.1, 0.15) is 29.7 Å². The number of benzene rings is 2. The third-order valence-electron chi connectivity index (χ3n) is 3.28. The minimum absolute atomic E-state index is 0.215. The Hall–Kier alpha value is -1.96. The third kappa shape index (κ3) is 2.83. The second-order valence-electron chi connectivity index (χ2n) is 4.76. The van der Waals surface area contributed by atoms with Crippen LogP contribution in [0.25, 0.3) is 0 Å². The fraction of sp³-hybridized carbons (Fsp3) is 0.250. The van der Waals surface area contributed by atoms with Crippen LogP contribution in [0, 0.1) is 13.8 Å². The number of phenols is 1. The molecule has 0 bridgehead atoms. The van der Waals surface area contributed by atoms with E-state index in [1.165, 1.54) is 11.1 Å². The van der Waals surface area contributed by atoms with Gasteiger partial charge in [-0.2, -0.15) is 0 Å². The standard InChI is InChI=1S/C16H19NO/c1-11-4-7-15(10-12(11)2)17-13(3)14-5-8-16(18)9-6-14/h4-10,13,17-18H,1-3H3. The summed E-state index contributed by atoms with van der Waals surface area (Å²) in [6.45, 7) is 6.34. The SMILES string of the molecule is Cc1ccc(NC(C)c2ccc(O)cc2)cc1C. The molecule has 0 fully saturated rings. The normalized spacial score (nSPS) is 12.2. The van der Waals surface area contributed by atoms with Crippen LogP contribution >= 0.6 is 0 Å². The summed E-state index contributed by atoms with van der Waals surface area (Å²) < 4.78 is 0. The van der Waals surface area contributed by atoms with Gasteiger partial charge in [0.05, 0.1) is 0 Å². The average molecular weight is 241 g/mol. The van der Waals surface area contributed by atoms with E-state index in [0.717, 1.165) is 11.3 Å². The maximum Gasteiger partial charge on any atom is 0.115 e. The summed E-state index contributed by atoms with van der Waals surface area (Å²) >= 11 is 0. The van der Waals surface area contributed by atoms with Crippen molar-refractivity contribution >= 4 is 5.69 Å². The molecule has 18 heavy (non-hydrogen) atoms. The molecule has 1 atom stereocenters. The number of hydrogen-bond acceptors (Lipinski definition) is 2. The van der Waals surface area contributed by atoms with Crippen LogP contribution in [-0.4, -0.2) is 5.11 Å². The largest absolute Gasteiger partial charge is 0.508 e. The molecule has 2 nitrogen and oxygen atoms in total. The van der Waals surface area contributed by atoms with Crippen molar-refractivity contribution in [2.45, 2.75) is 26.8 Å². The second kappa shape index (κ2) is 5.13. The van der Waals surface area contributed by atoms with E-state index in [-0.39, 0.29) is 6.04 Å². The molecule has 2 aromatic rings. The van der Waals surface area contributed by atoms with E-state index in [0.29, 0.717) is 5.75 Å². The molecule has 0 radical (unpaired) electrons. The van der Waals surface area contributed by atoms with Crippen LogP contribution in [0.3, 0.4) is 0 Å². The van der Waals surface area contributed by atoms with Crippen LogP contribution < -0.4 is 5.32 Å². The van der Waals surface area contributed by atoms with Gasteiger partial charge in [0, 0.05) is 11.7 Å². The van der Waals surface area contributed by atoms with Gasteiger partial charge in [-0.05, 0) is 61.7 Å². The number of aromatic hydroxyl groups is 1. The Morgan fingerprint density at radius 2 is 1.61 bits per heavy atom. The lowest BCUT2D eigenvalue weighted by Crippen LogP contribution is -2.06. The highest BCUT2D eigenvalue weighted by atomic mass is 16.3. The molecule has 2 rings (SSSR count). The van der Waals surface area contributed by atoms with Gasteiger partial charge in [0.2, 0.25) is 0 Å². The molecule has 0 amide bonds. The van der Waals surface area contributed by atoms with E-state index in [2.05, 4.69) is 44.3 Å². The van der Waals surface area contributed by atoms with Gasteiger partial charge >= 0.3 is 0 Å². The maximum atomic E-state index is 9.27. The first-order valence-electron chi connectivity index (χ1n) is 6.19. The summed E-state index contributed by atoms with van der Waals surface area (Å²) in [5.74, 6) is 0.303. The lowest BCUT2D eigenvalue weighted by molar-refractivity contribution is 0.475. The predicted octanol–water partition coefficient (Wildman–Crippen LogP) is 4.18. The number of phenolic OH excluding ortho intramolecular Hbond substituents is 1. The fourth-order valence-corrected chi connectivity index (χ4v) is 1.93. The van der Waals surface area contributed by atoms with Crippen molar-refractivity contribution in [2.75, 3.05) is 5.32 Å². The summed E-state index contributed by atoms with van der Waals surface area (Å²) in [6, 6.07) is 13.9. The van der Waals surface area contributed by atoms with Gasteiger partial charge in [-0.25, -0.2) is 0 Å². The molecule has 94 valence electrons. The van der Waals surface area contributed by atoms with Gasteiger partial charge in [-0.3, -0.25) is 0 Å². The van der Waals surface area contributed by atoms with Crippen molar-refractivity contribution in [3.8, 4) is 5.75 Å². The zero-order chi connectivity index (χ0) is 13.1. The second-order valence-corrected chi connectivity index (χ2v) is 4.76. The van der Waals surface area contributed by atoms with Crippen molar-refractivity contribution < 1.29 is 5.11 Å². The smallest absolute Gasteiger partial charge is 0.115 e. The van der Waals surface area contributed by atoms with Crippen LogP contribution in [0.4, 0.5) is 5.69 Å². The van der Waals surface area contributed by atoms with Gasteiger partial charge in [-0.15, -0.1) is 0 Å². The third-order valence-corrected chi connectivity index (χ3v) is 3.28. The Labute approximate surface area is 108 Å². The Balaban J connectivity index is 2.13. The van der Waals surface area contributed by atoms with Crippen LogP contribution in [-0.2, 0) is 0 Å². The maximum absolute atomic E-state index is 9.27. The topological polar surface area (TPSA) is 32.3 Å². The van der Waals surface area contributed by atoms with Gasteiger partial charge in [0.25, 0.3) is 0 Å². The Kier molecular flexibility index (Phi) is 3.56. The minimum Gasteiger partial charge on any atom is -0.508 e. The van der Waals surface area contributed by atoms with Crippen molar-refractivity contribution in [3.05, 3.63) is 59.2 Å². The molecule has 0 spiro atoms. The van der Waals surface area contributed by atoms with Gasteiger partial charge < -0.3 is 10.4 Å². The van der Waals surface area contributed by atoms with Gasteiger partial charge in [0.1, 0.15) is 5.75 Å². The highest BCUT2D eigenvalue weighted by molar-refractivity contribution is 5.49. The van der Waals surface area contributed by atoms with E-state index < -0.39 is 0 Å². The number of nitrogens with one attached hydrogen (secondary N) is 1.